The van der Waals surface area contributed by atoms with Crippen LogP contribution in [0.15, 0.2) is 79.1 Å². The average Bonchev–Trinajstić information content (AvgIpc) is 3.27. The van der Waals surface area contributed by atoms with Crippen molar-refractivity contribution in [2.45, 2.75) is 45.7 Å². The van der Waals surface area contributed by atoms with E-state index >= 15 is 0 Å². The van der Waals surface area contributed by atoms with Gasteiger partial charge in [-0.1, -0.05) is 74.8 Å². The molecular weight excluding hydrogens is 589 g/mol. The first-order valence-corrected chi connectivity index (χ1v) is 15.6. The third kappa shape index (κ3) is 6.93. The van der Waals surface area contributed by atoms with Crippen molar-refractivity contribution in [3.63, 3.8) is 0 Å². The molecule has 0 spiro atoms. The predicted molar refractivity (Wildman–Crippen MR) is 177 cm³/mol. The highest BCUT2D eigenvalue weighted by atomic mass is 35.5. The Morgan fingerprint density at radius 2 is 1.69 bits per heavy atom. The molecule has 0 unspecified atom stereocenters. The lowest BCUT2D eigenvalue weighted by Crippen LogP contribution is -2.35. The molecule has 1 aliphatic rings. The molecule has 5 aromatic rings. The molecule has 6 rings (SSSR count). The van der Waals surface area contributed by atoms with Gasteiger partial charge in [-0.05, 0) is 58.9 Å². The molecule has 1 saturated heterocycles. The number of fused-ring (bicyclic) bond motifs is 1. The van der Waals surface area contributed by atoms with E-state index in [1.54, 1.807) is 18.5 Å². The maximum absolute atomic E-state index is 13.5. The third-order valence-corrected chi connectivity index (χ3v) is 8.56. The van der Waals surface area contributed by atoms with Gasteiger partial charge in [0.25, 0.3) is 5.91 Å². The SMILES string of the molecule is CC(C)(C)c1ccc(C(=O)N2CCCN(c3nc(NCc4ccc(F)cc4)c4ncn(Cc5ccccc5Cl)c4n3)CC2)cc1. The molecule has 232 valence electrons. The number of aromatic nitrogens is 4. The fourth-order valence-electron chi connectivity index (χ4n) is 5.53. The molecule has 10 heteroatoms. The summed E-state index contributed by atoms with van der Waals surface area (Å²) in [5, 5.41) is 4.08. The van der Waals surface area contributed by atoms with E-state index in [1.807, 2.05) is 58.0 Å². The number of halogens is 2. The summed E-state index contributed by atoms with van der Waals surface area (Å²) < 4.78 is 15.5. The Kier molecular flexibility index (Phi) is 8.72. The predicted octanol–water partition coefficient (Wildman–Crippen LogP) is 6.93. The normalized spacial score (nSPS) is 14.1. The molecule has 3 heterocycles. The molecule has 0 radical (unpaired) electrons. The van der Waals surface area contributed by atoms with Crippen molar-refractivity contribution in [3.05, 3.63) is 112 Å². The van der Waals surface area contributed by atoms with Gasteiger partial charge in [0.2, 0.25) is 5.95 Å². The number of rotatable bonds is 7. The van der Waals surface area contributed by atoms with Crippen molar-refractivity contribution < 1.29 is 9.18 Å². The van der Waals surface area contributed by atoms with Gasteiger partial charge in [-0.15, -0.1) is 0 Å². The lowest BCUT2D eigenvalue weighted by atomic mass is 9.86. The summed E-state index contributed by atoms with van der Waals surface area (Å²) in [5.41, 5.74) is 5.12. The maximum atomic E-state index is 13.5. The minimum Gasteiger partial charge on any atom is -0.364 e. The topological polar surface area (TPSA) is 79.2 Å². The largest absolute Gasteiger partial charge is 0.364 e. The number of carbonyl (C=O) groups excluding carboxylic acids is 1. The minimum atomic E-state index is -0.278. The number of amides is 1. The van der Waals surface area contributed by atoms with Gasteiger partial charge in [0, 0.05) is 43.3 Å². The van der Waals surface area contributed by atoms with Crippen LogP contribution >= 0.6 is 11.6 Å². The molecule has 0 atom stereocenters. The highest BCUT2D eigenvalue weighted by Gasteiger charge is 2.24. The van der Waals surface area contributed by atoms with Crippen LogP contribution in [0, 0.1) is 5.82 Å². The molecule has 1 amide bonds. The Morgan fingerprint density at radius 1 is 0.933 bits per heavy atom. The number of hydrogen-bond acceptors (Lipinski definition) is 6. The van der Waals surface area contributed by atoms with Crippen LogP contribution in [0.4, 0.5) is 16.2 Å². The summed E-state index contributed by atoms with van der Waals surface area (Å²) in [6.07, 6.45) is 2.54. The van der Waals surface area contributed by atoms with Crippen molar-refractivity contribution in [1.29, 1.82) is 0 Å². The zero-order valence-electron chi connectivity index (χ0n) is 25.8. The van der Waals surface area contributed by atoms with Crippen LogP contribution in [-0.4, -0.2) is 56.5 Å². The second-order valence-corrected chi connectivity index (χ2v) is 12.9. The Balaban J connectivity index is 1.26. The highest BCUT2D eigenvalue weighted by Crippen LogP contribution is 2.27. The van der Waals surface area contributed by atoms with Crippen LogP contribution in [0.3, 0.4) is 0 Å². The summed E-state index contributed by atoms with van der Waals surface area (Å²) in [6.45, 7) is 9.94. The molecule has 1 N–H and O–H groups in total. The van der Waals surface area contributed by atoms with Gasteiger partial charge in [-0.2, -0.15) is 9.97 Å². The zero-order valence-corrected chi connectivity index (χ0v) is 26.6. The minimum absolute atomic E-state index is 0.0290. The maximum Gasteiger partial charge on any atom is 0.253 e. The van der Waals surface area contributed by atoms with Gasteiger partial charge in [0.05, 0.1) is 12.9 Å². The first-order valence-electron chi connectivity index (χ1n) is 15.2. The molecule has 2 aromatic heterocycles. The summed E-state index contributed by atoms with van der Waals surface area (Å²) in [5.74, 6) is 0.912. The Hall–Kier alpha value is -4.50. The van der Waals surface area contributed by atoms with E-state index in [1.165, 1.54) is 17.7 Å². The average molecular weight is 626 g/mol. The van der Waals surface area contributed by atoms with Crippen molar-refractivity contribution in [3.8, 4) is 0 Å². The molecule has 0 bridgehead atoms. The number of nitrogens with zero attached hydrogens (tertiary/aromatic N) is 6. The van der Waals surface area contributed by atoms with E-state index in [0.717, 1.165) is 17.5 Å². The number of nitrogens with one attached hydrogen (secondary N) is 1. The molecule has 45 heavy (non-hydrogen) atoms. The van der Waals surface area contributed by atoms with Crippen molar-refractivity contribution in [1.82, 2.24) is 24.4 Å². The van der Waals surface area contributed by atoms with Gasteiger partial charge in [0.15, 0.2) is 17.0 Å². The first-order chi connectivity index (χ1) is 21.7. The van der Waals surface area contributed by atoms with Crippen LogP contribution in [0.1, 0.15) is 54.2 Å². The van der Waals surface area contributed by atoms with Crippen LogP contribution in [-0.2, 0) is 18.5 Å². The standard InChI is InChI=1S/C35H37ClFN7O/c1-35(2,3)27-13-11-25(12-14-27)33(45)42-17-6-18-43(20-19-42)34-40-31(38-21-24-9-15-28(37)16-10-24)30-32(41-34)44(23-39-30)22-26-7-4-5-8-29(26)36/h4-5,7-16,23H,6,17-22H2,1-3H3,(H,38,40,41). The Morgan fingerprint density at radius 3 is 2.42 bits per heavy atom. The molecular formula is C35H37ClFN7O. The third-order valence-electron chi connectivity index (χ3n) is 8.19. The number of hydrogen-bond donors (Lipinski definition) is 1. The monoisotopic (exact) mass is 625 g/mol. The molecule has 0 saturated carbocycles. The van der Waals surface area contributed by atoms with E-state index in [-0.39, 0.29) is 17.1 Å². The van der Waals surface area contributed by atoms with Gasteiger partial charge >= 0.3 is 0 Å². The lowest BCUT2D eigenvalue weighted by Gasteiger charge is -2.23. The second-order valence-electron chi connectivity index (χ2n) is 12.4. The number of carbonyl (C=O) groups is 1. The van der Waals surface area contributed by atoms with E-state index < -0.39 is 0 Å². The summed E-state index contributed by atoms with van der Waals surface area (Å²) >= 11 is 6.49. The van der Waals surface area contributed by atoms with Crippen molar-refractivity contribution in [2.24, 2.45) is 0 Å². The lowest BCUT2D eigenvalue weighted by molar-refractivity contribution is 0.0767. The molecule has 1 aliphatic heterocycles. The van der Waals surface area contributed by atoms with Crippen LogP contribution in [0.2, 0.25) is 5.02 Å². The Labute approximate surface area is 267 Å². The van der Waals surface area contributed by atoms with E-state index in [9.17, 15) is 9.18 Å². The van der Waals surface area contributed by atoms with E-state index in [4.69, 9.17) is 21.6 Å². The van der Waals surface area contributed by atoms with E-state index in [0.29, 0.717) is 72.8 Å². The van der Waals surface area contributed by atoms with Gasteiger partial charge < -0.3 is 19.7 Å². The van der Waals surface area contributed by atoms with Crippen LogP contribution < -0.4 is 10.2 Å². The summed E-state index contributed by atoms with van der Waals surface area (Å²) in [6, 6.07) is 22.1. The second kappa shape index (κ2) is 12.9. The Bertz CT molecular complexity index is 1800. The molecule has 8 nitrogen and oxygen atoms in total. The molecule has 1 fully saturated rings. The summed E-state index contributed by atoms with van der Waals surface area (Å²) in [7, 11) is 0. The van der Waals surface area contributed by atoms with E-state index in [2.05, 4.69) is 36.0 Å². The van der Waals surface area contributed by atoms with Crippen molar-refractivity contribution >= 4 is 40.4 Å². The molecule has 0 aliphatic carbocycles. The quantitative estimate of drug-likeness (QED) is 0.211. The molecule has 3 aromatic carbocycles. The highest BCUT2D eigenvalue weighted by molar-refractivity contribution is 6.31. The van der Waals surface area contributed by atoms with Crippen molar-refractivity contribution in [2.75, 3.05) is 36.4 Å². The van der Waals surface area contributed by atoms with Crippen LogP contribution in [0.5, 0.6) is 0 Å². The number of imidazole rings is 1. The zero-order chi connectivity index (χ0) is 31.6. The van der Waals surface area contributed by atoms with Crippen LogP contribution in [0.25, 0.3) is 11.2 Å². The van der Waals surface area contributed by atoms with Gasteiger partial charge in [0.1, 0.15) is 5.82 Å². The fourth-order valence-corrected chi connectivity index (χ4v) is 5.72. The van der Waals surface area contributed by atoms with Gasteiger partial charge in [-0.3, -0.25) is 4.79 Å². The first kappa shape index (κ1) is 30.5. The number of benzene rings is 3. The number of anilines is 2. The van der Waals surface area contributed by atoms with Gasteiger partial charge in [-0.25, -0.2) is 9.37 Å². The smallest absolute Gasteiger partial charge is 0.253 e. The summed E-state index contributed by atoms with van der Waals surface area (Å²) in [4.78, 5) is 32.1. The fraction of sp³-hybridized carbons (Fsp3) is 0.314.